The molecule has 2 aromatic heterocycles. The van der Waals surface area contributed by atoms with Crippen molar-refractivity contribution in [2.45, 2.75) is 38.4 Å². The number of para-hydroxylation sites is 2. The molecule has 0 amide bonds. The van der Waals surface area contributed by atoms with Gasteiger partial charge in [0.15, 0.2) is 17.1 Å². The van der Waals surface area contributed by atoms with Crippen LogP contribution in [0.3, 0.4) is 0 Å². The van der Waals surface area contributed by atoms with Gasteiger partial charge in [-0.25, -0.2) is 14.8 Å². The summed E-state index contributed by atoms with van der Waals surface area (Å²) >= 11 is 1.42. The van der Waals surface area contributed by atoms with Gasteiger partial charge in [-0.1, -0.05) is 26.0 Å². The zero-order valence-corrected chi connectivity index (χ0v) is 18.2. The molecule has 0 spiro atoms. The zero-order valence-electron chi connectivity index (χ0n) is 17.4. The van der Waals surface area contributed by atoms with Crippen LogP contribution in [0.25, 0.3) is 11.0 Å². The molecule has 0 aliphatic carbocycles. The molecule has 0 N–H and O–H groups in total. The van der Waals surface area contributed by atoms with Crippen LogP contribution in [-0.2, 0) is 13.6 Å². The molecular weight excluding hydrogens is 404 g/mol. The Kier molecular flexibility index (Phi) is 5.55. The molecule has 4 rings (SSSR count). The number of fused-ring (bicyclic) bond motifs is 2. The smallest absolute Gasteiger partial charge is 0.332 e. The van der Waals surface area contributed by atoms with Gasteiger partial charge < -0.3 is 9.47 Å². The summed E-state index contributed by atoms with van der Waals surface area (Å²) < 4.78 is 14.5. The average Bonchev–Trinajstić information content (AvgIpc) is 2.73. The predicted molar refractivity (Wildman–Crippen MR) is 116 cm³/mol. The van der Waals surface area contributed by atoms with E-state index in [2.05, 4.69) is 9.97 Å². The van der Waals surface area contributed by atoms with Crippen LogP contribution in [0.1, 0.15) is 19.7 Å². The highest BCUT2D eigenvalue weighted by Crippen LogP contribution is 2.33. The Morgan fingerprint density at radius 1 is 1.20 bits per heavy atom. The lowest BCUT2D eigenvalue weighted by molar-refractivity contribution is 0.107. The zero-order chi connectivity index (χ0) is 21.4. The Balaban J connectivity index is 1.70. The van der Waals surface area contributed by atoms with Crippen molar-refractivity contribution < 1.29 is 9.47 Å². The molecule has 9 heteroatoms. The Morgan fingerprint density at radius 2 is 1.93 bits per heavy atom. The summed E-state index contributed by atoms with van der Waals surface area (Å²) in [6.45, 7) is 6.70. The van der Waals surface area contributed by atoms with Crippen LogP contribution in [0.2, 0.25) is 0 Å². The first-order chi connectivity index (χ1) is 14.3. The number of nitrogens with zero attached hydrogens (tertiary/aromatic N) is 4. The molecule has 1 aromatic carbocycles. The summed E-state index contributed by atoms with van der Waals surface area (Å²) in [6, 6.07) is 7.55. The van der Waals surface area contributed by atoms with E-state index >= 15 is 0 Å². The van der Waals surface area contributed by atoms with Crippen LogP contribution in [0.5, 0.6) is 11.5 Å². The molecule has 8 nitrogen and oxygen atoms in total. The van der Waals surface area contributed by atoms with Gasteiger partial charge in [-0.3, -0.25) is 13.9 Å². The van der Waals surface area contributed by atoms with Crippen LogP contribution >= 0.6 is 11.8 Å². The van der Waals surface area contributed by atoms with Crippen molar-refractivity contribution in [3.8, 4) is 11.5 Å². The third kappa shape index (κ3) is 3.81. The van der Waals surface area contributed by atoms with Crippen molar-refractivity contribution in [2.75, 3.05) is 12.4 Å². The van der Waals surface area contributed by atoms with E-state index in [1.807, 2.05) is 38.1 Å². The fraction of sp³-hybridized carbons (Fsp3) is 0.429. The predicted octanol–water partition coefficient (Wildman–Crippen LogP) is 2.39. The van der Waals surface area contributed by atoms with Gasteiger partial charge >= 0.3 is 5.69 Å². The Labute approximate surface area is 177 Å². The van der Waals surface area contributed by atoms with E-state index in [9.17, 15) is 9.59 Å². The monoisotopic (exact) mass is 428 g/mol. The first kappa shape index (κ1) is 20.5. The van der Waals surface area contributed by atoms with Gasteiger partial charge in [0, 0.05) is 19.3 Å². The number of aromatic nitrogens is 4. The van der Waals surface area contributed by atoms with E-state index in [0.717, 1.165) is 10.3 Å². The van der Waals surface area contributed by atoms with Gasteiger partial charge in [-0.2, -0.15) is 0 Å². The van der Waals surface area contributed by atoms with Gasteiger partial charge in [0.05, 0.1) is 0 Å². The lowest BCUT2D eigenvalue weighted by atomic mass is 10.2. The van der Waals surface area contributed by atoms with Crippen LogP contribution in [0, 0.1) is 12.8 Å². The molecule has 0 unspecified atom stereocenters. The Morgan fingerprint density at radius 3 is 2.67 bits per heavy atom. The number of ether oxygens (including phenoxy) is 2. The molecule has 30 heavy (non-hydrogen) atoms. The van der Waals surface area contributed by atoms with Crippen molar-refractivity contribution in [1.29, 1.82) is 0 Å². The summed E-state index contributed by atoms with van der Waals surface area (Å²) in [5.74, 6) is 2.73. The van der Waals surface area contributed by atoms with E-state index in [1.165, 1.54) is 18.8 Å². The summed E-state index contributed by atoms with van der Waals surface area (Å²) in [5, 5.41) is 0.920. The largest absolute Gasteiger partial charge is 0.486 e. The first-order valence-electron chi connectivity index (χ1n) is 9.84. The molecule has 158 valence electrons. The molecule has 1 aliphatic heterocycles. The quantitative estimate of drug-likeness (QED) is 0.455. The minimum Gasteiger partial charge on any atom is -0.486 e. The summed E-state index contributed by atoms with van der Waals surface area (Å²) in [5.41, 5.74) is -0.363. The van der Waals surface area contributed by atoms with Crippen molar-refractivity contribution in [1.82, 2.24) is 19.1 Å². The maximum absolute atomic E-state index is 12.9. The molecule has 0 saturated heterocycles. The molecule has 3 heterocycles. The minimum atomic E-state index is -0.385. The van der Waals surface area contributed by atoms with Crippen molar-refractivity contribution in [2.24, 2.45) is 13.0 Å². The van der Waals surface area contributed by atoms with Crippen LogP contribution < -0.4 is 20.7 Å². The van der Waals surface area contributed by atoms with Gasteiger partial charge in [0.1, 0.15) is 28.9 Å². The SMILES string of the molecule is Cc1nc(SC[C@@H]2COc3ccccc3O2)c2c(=O)n(C)c(=O)n(CC(C)C)c2n1. The van der Waals surface area contributed by atoms with Gasteiger partial charge in [-0.05, 0) is 25.0 Å². The first-order valence-corrected chi connectivity index (χ1v) is 10.8. The van der Waals surface area contributed by atoms with Crippen LogP contribution in [-0.4, -0.2) is 37.6 Å². The fourth-order valence-corrected chi connectivity index (χ4v) is 4.42. The second-order valence-electron chi connectivity index (χ2n) is 7.73. The summed E-state index contributed by atoms with van der Waals surface area (Å²) in [4.78, 5) is 34.6. The van der Waals surface area contributed by atoms with Gasteiger partial charge in [0.25, 0.3) is 5.56 Å². The lowest BCUT2D eigenvalue weighted by Gasteiger charge is -2.26. The number of hydrogen-bond donors (Lipinski definition) is 0. The van der Waals surface area contributed by atoms with E-state index in [4.69, 9.17) is 9.47 Å². The highest BCUT2D eigenvalue weighted by Gasteiger charge is 2.23. The summed E-state index contributed by atoms with van der Waals surface area (Å²) in [6.07, 6.45) is -0.180. The Hall–Kier alpha value is -2.81. The van der Waals surface area contributed by atoms with Gasteiger partial charge in [0.2, 0.25) is 0 Å². The average molecular weight is 429 g/mol. The van der Waals surface area contributed by atoms with Crippen molar-refractivity contribution in [3.05, 3.63) is 50.9 Å². The molecule has 1 atom stereocenters. The van der Waals surface area contributed by atoms with E-state index in [0.29, 0.717) is 46.5 Å². The number of hydrogen-bond acceptors (Lipinski definition) is 7. The second kappa shape index (κ2) is 8.14. The number of thioether (sulfide) groups is 1. The van der Waals surface area contributed by atoms with Gasteiger partial charge in [-0.15, -0.1) is 11.8 Å². The lowest BCUT2D eigenvalue weighted by Crippen LogP contribution is -2.39. The second-order valence-corrected chi connectivity index (χ2v) is 8.74. The number of rotatable bonds is 5. The van der Waals surface area contributed by atoms with E-state index < -0.39 is 0 Å². The maximum atomic E-state index is 12.9. The molecule has 0 saturated carbocycles. The maximum Gasteiger partial charge on any atom is 0.332 e. The molecular formula is C21H24N4O4S. The van der Waals surface area contributed by atoms with Crippen molar-refractivity contribution in [3.63, 3.8) is 0 Å². The molecule has 0 fully saturated rings. The number of benzene rings is 1. The third-order valence-electron chi connectivity index (χ3n) is 4.78. The topological polar surface area (TPSA) is 88.2 Å². The molecule has 1 aliphatic rings. The minimum absolute atomic E-state index is 0.180. The van der Waals surface area contributed by atoms with Crippen molar-refractivity contribution >= 4 is 22.8 Å². The van der Waals surface area contributed by atoms with E-state index in [-0.39, 0.29) is 23.3 Å². The highest BCUT2D eigenvalue weighted by molar-refractivity contribution is 7.99. The molecule has 3 aromatic rings. The van der Waals surface area contributed by atoms with E-state index in [1.54, 1.807) is 11.5 Å². The molecule has 0 bridgehead atoms. The standard InChI is InChI=1S/C21H24N4O4S/c1-12(2)9-25-18-17(20(26)24(4)21(25)27)19(23-13(3)22-18)30-11-14-10-28-15-7-5-6-8-16(15)29-14/h5-8,12,14H,9-11H2,1-4H3/t14-/m0/s1. The fourth-order valence-electron chi connectivity index (χ4n) is 3.39. The normalized spacial score (nSPS) is 15.7. The highest BCUT2D eigenvalue weighted by atomic mass is 32.2. The summed E-state index contributed by atoms with van der Waals surface area (Å²) in [7, 11) is 1.49. The van der Waals surface area contributed by atoms with Crippen LogP contribution in [0.15, 0.2) is 38.9 Å². The molecule has 0 radical (unpaired) electrons. The Bertz CT molecular complexity index is 1220. The van der Waals surface area contributed by atoms with Crippen LogP contribution in [0.4, 0.5) is 0 Å². The number of aryl methyl sites for hydroxylation is 1. The third-order valence-corrected chi connectivity index (χ3v) is 5.89.